The SMILES string of the molecule is CC.Cc1cc(C(C)Nc2ccc(Cl)nc2C(=O)NS(C)(=O)=O)c2oc(-c3ccccc3)c(C)c(=O)c2c1. The minimum atomic E-state index is -3.82. The number of sulfonamides is 1. The van der Waals surface area contributed by atoms with Gasteiger partial charge in [-0.25, -0.2) is 18.1 Å². The predicted molar refractivity (Wildman–Crippen MR) is 152 cm³/mol. The van der Waals surface area contributed by atoms with Gasteiger partial charge >= 0.3 is 0 Å². The first-order chi connectivity index (χ1) is 17.9. The fraction of sp³-hybridized carbons (Fsp3) is 0.250. The third-order valence-electron chi connectivity index (χ3n) is 5.62. The van der Waals surface area contributed by atoms with Gasteiger partial charge < -0.3 is 9.73 Å². The van der Waals surface area contributed by atoms with Crippen molar-refractivity contribution in [2.24, 2.45) is 0 Å². The van der Waals surface area contributed by atoms with Crippen LogP contribution in [-0.4, -0.2) is 25.6 Å². The van der Waals surface area contributed by atoms with Gasteiger partial charge in [0.25, 0.3) is 5.91 Å². The van der Waals surface area contributed by atoms with E-state index >= 15 is 0 Å². The molecule has 0 aliphatic carbocycles. The number of aryl methyl sites for hydroxylation is 1. The summed E-state index contributed by atoms with van der Waals surface area (Å²) in [6.07, 6.45) is 0.873. The number of nitrogens with zero attached hydrogens (tertiary/aromatic N) is 1. The van der Waals surface area contributed by atoms with Gasteiger partial charge in [-0.1, -0.05) is 61.8 Å². The lowest BCUT2D eigenvalue weighted by atomic mass is 9.98. The Labute approximate surface area is 227 Å². The minimum absolute atomic E-state index is 0.0295. The van der Waals surface area contributed by atoms with E-state index in [9.17, 15) is 18.0 Å². The van der Waals surface area contributed by atoms with Gasteiger partial charge in [-0.3, -0.25) is 9.59 Å². The molecule has 0 saturated carbocycles. The van der Waals surface area contributed by atoms with E-state index < -0.39 is 22.0 Å². The fourth-order valence-electron chi connectivity index (χ4n) is 4.01. The van der Waals surface area contributed by atoms with Gasteiger partial charge in [-0.15, -0.1) is 0 Å². The Balaban J connectivity index is 0.00000195. The van der Waals surface area contributed by atoms with Crippen LogP contribution < -0.4 is 15.5 Å². The van der Waals surface area contributed by atoms with Crippen LogP contribution in [0, 0.1) is 13.8 Å². The monoisotopic (exact) mass is 555 g/mol. The molecule has 1 amide bonds. The average molecular weight is 556 g/mol. The molecule has 0 spiro atoms. The van der Waals surface area contributed by atoms with Crippen molar-refractivity contribution in [3.63, 3.8) is 0 Å². The Morgan fingerprint density at radius 1 is 1.05 bits per heavy atom. The number of hydrogen-bond acceptors (Lipinski definition) is 7. The summed E-state index contributed by atoms with van der Waals surface area (Å²) in [7, 11) is -3.82. The maximum atomic E-state index is 13.3. The summed E-state index contributed by atoms with van der Waals surface area (Å²) in [4.78, 5) is 29.9. The predicted octanol–water partition coefficient (Wildman–Crippen LogP) is 6.01. The molecular formula is C28H30ClN3O5S. The smallest absolute Gasteiger partial charge is 0.285 e. The number of halogens is 1. The molecule has 2 N–H and O–H groups in total. The molecule has 1 atom stereocenters. The lowest BCUT2D eigenvalue weighted by molar-refractivity contribution is 0.0977. The molecule has 1 unspecified atom stereocenters. The van der Waals surface area contributed by atoms with E-state index in [0.29, 0.717) is 27.9 Å². The maximum Gasteiger partial charge on any atom is 0.285 e. The molecule has 0 aliphatic rings. The number of pyridine rings is 1. The van der Waals surface area contributed by atoms with Crippen LogP contribution in [0.4, 0.5) is 5.69 Å². The van der Waals surface area contributed by atoms with Gasteiger partial charge in [0.15, 0.2) is 11.1 Å². The molecule has 8 nitrogen and oxygen atoms in total. The van der Waals surface area contributed by atoms with Gasteiger partial charge in [-0.2, -0.15) is 0 Å². The first-order valence-electron chi connectivity index (χ1n) is 12.0. The molecule has 10 heteroatoms. The number of hydrogen-bond donors (Lipinski definition) is 2. The molecule has 0 bridgehead atoms. The second-order valence-corrected chi connectivity index (χ2v) is 10.7. The maximum absolute atomic E-state index is 13.3. The van der Waals surface area contributed by atoms with Crippen LogP contribution in [0.15, 0.2) is 63.8 Å². The van der Waals surface area contributed by atoms with E-state index in [0.717, 1.165) is 17.4 Å². The molecule has 200 valence electrons. The highest BCUT2D eigenvalue weighted by Gasteiger charge is 2.22. The number of nitrogens with one attached hydrogen (secondary N) is 2. The highest BCUT2D eigenvalue weighted by molar-refractivity contribution is 7.89. The highest BCUT2D eigenvalue weighted by Crippen LogP contribution is 2.32. The number of benzene rings is 2. The van der Waals surface area contributed by atoms with Crippen LogP contribution in [0.25, 0.3) is 22.3 Å². The second-order valence-electron chi connectivity index (χ2n) is 8.58. The van der Waals surface area contributed by atoms with Crippen LogP contribution in [0.1, 0.15) is 54.0 Å². The lowest BCUT2D eigenvalue weighted by Crippen LogP contribution is -2.31. The van der Waals surface area contributed by atoms with Crippen molar-refractivity contribution in [2.45, 2.75) is 40.7 Å². The lowest BCUT2D eigenvalue weighted by Gasteiger charge is -2.20. The van der Waals surface area contributed by atoms with Crippen LogP contribution in [0.3, 0.4) is 0 Å². The van der Waals surface area contributed by atoms with E-state index in [1.54, 1.807) is 13.0 Å². The molecule has 0 aliphatic heterocycles. The molecule has 2 aromatic carbocycles. The summed E-state index contributed by atoms with van der Waals surface area (Å²) >= 11 is 5.97. The Hall–Kier alpha value is -3.69. The summed E-state index contributed by atoms with van der Waals surface area (Å²) in [5.74, 6) is -0.441. The molecule has 0 fully saturated rings. The van der Waals surface area contributed by atoms with Crippen molar-refractivity contribution in [1.82, 2.24) is 9.71 Å². The number of carbonyl (C=O) groups is 1. The van der Waals surface area contributed by atoms with Gasteiger partial charge in [0.1, 0.15) is 16.5 Å². The molecule has 0 saturated heterocycles. The third-order valence-corrected chi connectivity index (χ3v) is 6.39. The van der Waals surface area contributed by atoms with Crippen molar-refractivity contribution >= 4 is 44.2 Å². The average Bonchev–Trinajstić information content (AvgIpc) is 2.87. The number of carbonyl (C=O) groups excluding carboxylic acids is 1. The zero-order chi connectivity index (χ0) is 28.2. The summed E-state index contributed by atoms with van der Waals surface area (Å²) in [5.41, 5.74) is 3.20. The highest BCUT2D eigenvalue weighted by atomic mass is 35.5. The zero-order valence-corrected chi connectivity index (χ0v) is 23.6. The first-order valence-corrected chi connectivity index (χ1v) is 14.3. The largest absolute Gasteiger partial charge is 0.455 e. The van der Waals surface area contributed by atoms with Crippen LogP contribution in [0.5, 0.6) is 0 Å². The molecule has 38 heavy (non-hydrogen) atoms. The summed E-state index contributed by atoms with van der Waals surface area (Å²) in [5, 5.41) is 3.67. The zero-order valence-electron chi connectivity index (χ0n) is 22.0. The van der Waals surface area contributed by atoms with E-state index in [4.69, 9.17) is 16.0 Å². The van der Waals surface area contributed by atoms with Crippen molar-refractivity contribution < 1.29 is 17.6 Å². The third kappa shape index (κ3) is 6.41. The van der Waals surface area contributed by atoms with Crippen molar-refractivity contribution in [1.29, 1.82) is 0 Å². The normalized spacial score (nSPS) is 11.9. The number of anilines is 1. The number of rotatable bonds is 6. The minimum Gasteiger partial charge on any atom is -0.455 e. The quantitative estimate of drug-likeness (QED) is 0.279. The molecular weight excluding hydrogens is 526 g/mol. The van der Waals surface area contributed by atoms with E-state index in [-0.39, 0.29) is 22.0 Å². The van der Waals surface area contributed by atoms with Crippen molar-refractivity contribution in [3.8, 4) is 11.3 Å². The molecule has 0 radical (unpaired) electrons. The molecule has 4 rings (SSSR count). The number of amides is 1. The van der Waals surface area contributed by atoms with Crippen molar-refractivity contribution in [3.05, 3.63) is 92.4 Å². The molecule has 2 aromatic heterocycles. The Morgan fingerprint density at radius 3 is 2.34 bits per heavy atom. The first kappa shape index (κ1) is 28.9. The summed E-state index contributed by atoms with van der Waals surface area (Å²) < 4.78 is 31.4. The molecule has 2 heterocycles. The van der Waals surface area contributed by atoms with E-state index in [2.05, 4.69) is 10.3 Å². The van der Waals surface area contributed by atoms with Crippen molar-refractivity contribution in [2.75, 3.05) is 11.6 Å². The number of aromatic nitrogens is 1. The van der Waals surface area contributed by atoms with Gasteiger partial charge in [-0.05, 0) is 44.5 Å². The Kier molecular flexibility index (Phi) is 8.96. The summed E-state index contributed by atoms with van der Waals surface area (Å²) in [6, 6.07) is 15.6. The van der Waals surface area contributed by atoms with E-state index in [1.165, 1.54) is 12.1 Å². The Morgan fingerprint density at radius 2 is 1.71 bits per heavy atom. The number of fused-ring (bicyclic) bond motifs is 1. The fourth-order valence-corrected chi connectivity index (χ4v) is 4.59. The molecule has 4 aromatic rings. The van der Waals surface area contributed by atoms with Gasteiger partial charge in [0.05, 0.1) is 23.4 Å². The van der Waals surface area contributed by atoms with Gasteiger partial charge in [0.2, 0.25) is 10.0 Å². The van der Waals surface area contributed by atoms with Gasteiger partial charge in [0, 0.05) is 16.7 Å². The second kappa shape index (κ2) is 11.8. The topological polar surface area (TPSA) is 118 Å². The summed E-state index contributed by atoms with van der Waals surface area (Å²) in [6.45, 7) is 9.46. The Bertz CT molecular complexity index is 1650. The standard InChI is InChI=1S/C26H24ClN3O5S.C2H6/c1-14-12-18(16(3)28-20-10-11-21(27)29-22(20)26(32)30-36(4,33)34)25-19(13-14)23(31)15(2)24(35-25)17-8-6-5-7-9-17;1-2/h5-13,16,28H,1-4H3,(H,30,32);1-2H3. The van der Waals surface area contributed by atoms with E-state index in [1.807, 2.05) is 68.8 Å². The van der Waals surface area contributed by atoms with Crippen LogP contribution in [-0.2, 0) is 10.0 Å². The van der Waals surface area contributed by atoms with Crippen LogP contribution in [0.2, 0.25) is 5.15 Å². The van der Waals surface area contributed by atoms with Crippen LogP contribution >= 0.6 is 11.6 Å².